The Bertz CT molecular complexity index is 1270. The third-order valence-electron chi connectivity index (χ3n) is 5.58. The van der Waals surface area contributed by atoms with Gasteiger partial charge in [0.25, 0.3) is 5.91 Å². The van der Waals surface area contributed by atoms with Crippen LogP contribution in [0.2, 0.25) is 0 Å². The summed E-state index contributed by atoms with van der Waals surface area (Å²) in [6.07, 6.45) is 3.48. The molecule has 1 aliphatic heterocycles. The van der Waals surface area contributed by atoms with Crippen molar-refractivity contribution in [2.24, 2.45) is 0 Å². The van der Waals surface area contributed by atoms with Gasteiger partial charge in [-0.1, -0.05) is 30.3 Å². The van der Waals surface area contributed by atoms with Crippen LogP contribution in [0, 0.1) is 0 Å². The normalized spacial score (nSPS) is 12.5. The number of ether oxygens (including phenoxy) is 2. The van der Waals surface area contributed by atoms with Crippen LogP contribution in [-0.4, -0.2) is 40.5 Å². The lowest BCUT2D eigenvalue weighted by Gasteiger charge is -2.26. The molecule has 6 heteroatoms. The van der Waals surface area contributed by atoms with Crippen molar-refractivity contribution in [3.8, 4) is 22.8 Å². The van der Waals surface area contributed by atoms with Gasteiger partial charge in [0, 0.05) is 42.0 Å². The molecular formula is C26H23N3O3. The van der Waals surface area contributed by atoms with Crippen LogP contribution in [-0.2, 0) is 6.54 Å². The van der Waals surface area contributed by atoms with Gasteiger partial charge in [0.05, 0.1) is 16.8 Å². The summed E-state index contributed by atoms with van der Waals surface area (Å²) in [5, 5.41) is 0.832. The van der Waals surface area contributed by atoms with Gasteiger partial charge >= 0.3 is 0 Å². The van der Waals surface area contributed by atoms with Crippen LogP contribution in [0.3, 0.4) is 0 Å². The third-order valence-corrected chi connectivity index (χ3v) is 5.58. The highest BCUT2D eigenvalue weighted by Gasteiger charge is 2.22. The number of fused-ring (bicyclic) bond motifs is 2. The fourth-order valence-electron chi connectivity index (χ4n) is 3.98. The van der Waals surface area contributed by atoms with Crippen molar-refractivity contribution in [2.75, 3.05) is 19.8 Å². The lowest BCUT2D eigenvalue weighted by atomic mass is 10.0. The Morgan fingerprint density at radius 3 is 2.75 bits per heavy atom. The van der Waals surface area contributed by atoms with Gasteiger partial charge in [-0.2, -0.15) is 0 Å². The Hall–Kier alpha value is -3.93. The fourth-order valence-corrected chi connectivity index (χ4v) is 3.98. The molecule has 0 radical (unpaired) electrons. The Kier molecular flexibility index (Phi) is 5.42. The third kappa shape index (κ3) is 3.75. The second-order valence-electron chi connectivity index (χ2n) is 7.57. The molecule has 0 spiro atoms. The molecule has 1 amide bonds. The average Bonchev–Trinajstić information content (AvgIpc) is 2.86. The van der Waals surface area contributed by atoms with E-state index in [0.717, 1.165) is 39.2 Å². The smallest absolute Gasteiger partial charge is 0.254 e. The summed E-state index contributed by atoms with van der Waals surface area (Å²) < 4.78 is 11.6. The monoisotopic (exact) mass is 425 g/mol. The minimum atomic E-state index is -0.0504. The fraction of sp³-hybridized carbons (Fsp3) is 0.192. The summed E-state index contributed by atoms with van der Waals surface area (Å²) >= 11 is 0. The number of carbonyl (C=O) groups is 1. The maximum atomic E-state index is 13.8. The lowest BCUT2D eigenvalue weighted by Crippen LogP contribution is -2.31. The first-order valence-corrected chi connectivity index (χ1v) is 10.7. The molecule has 0 saturated heterocycles. The van der Waals surface area contributed by atoms with E-state index in [9.17, 15) is 4.79 Å². The molecule has 0 aliphatic carbocycles. The Morgan fingerprint density at radius 2 is 1.91 bits per heavy atom. The van der Waals surface area contributed by atoms with Crippen LogP contribution in [0.5, 0.6) is 11.5 Å². The molecule has 4 aromatic rings. The topological polar surface area (TPSA) is 64.6 Å². The molecule has 0 N–H and O–H groups in total. The number of para-hydroxylation sites is 2. The van der Waals surface area contributed by atoms with E-state index in [1.54, 1.807) is 12.4 Å². The van der Waals surface area contributed by atoms with Gasteiger partial charge in [-0.15, -0.1) is 0 Å². The molecule has 0 fully saturated rings. The maximum absolute atomic E-state index is 13.8. The van der Waals surface area contributed by atoms with E-state index in [-0.39, 0.29) is 5.91 Å². The van der Waals surface area contributed by atoms with E-state index >= 15 is 0 Å². The Labute approximate surface area is 186 Å². The maximum Gasteiger partial charge on any atom is 0.254 e. The highest BCUT2D eigenvalue weighted by molar-refractivity contribution is 6.07. The zero-order valence-electron chi connectivity index (χ0n) is 17.8. The summed E-state index contributed by atoms with van der Waals surface area (Å²) in [5.41, 5.74) is 3.94. The van der Waals surface area contributed by atoms with Crippen molar-refractivity contribution in [1.29, 1.82) is 0 Å². The highest BCUT2D eigenvalue weighted by Crippen LogP contribution is 2.35. The predicted octanol–water partition coefficient (Wildman–Crippen LogP) is 4.73. The minimum Gasteiger partial charge on any atom is -0.486 e. The molecule has 160 valence electrons. The zero-order valence-corrected chi connectivity index (χ0v) is 17.8. The van der Waals surface area contributed by atoms with Gasteiger partial charge in [-0.25, -0.2) is 4.98 Å². The SMILES string of the molecule is CCN(Cc1cccc2c1OCCO2)C(=O)c1cc(-c2cccnc2)nc2ccccc12. The summed E-state index contributed by atoms with van der Waals surface area (Å²) in [7, 11) is 0. The zero-order chi connectivity index (χ0) is 21.9. The summed E-state index contributed by atoms with van der Waals surface area (Å²) in [6, 6.07) is 19.2. The molecule has 3 heterocycles. The molecule has 0 unspecified atom stereocenters. The number of carbonyl (C=O) groups excluding carboxylic acids is 1. The summed E-state index contributed by atoms with van der Waals surface area (Å²) in [4.78, 5) is 24.5. The molecule has 32 heavy (non-hydrogen) atoms. The molecule has 2 aromatic heterocycles. The lowest BCUT2D eigenvalue weighted by molar-refractivity contribution is 0.0751. The first kappa shape index (κ1) is 20.0. The Balaban J connectivity index is 1.55. The number of nitrogens with zero attached hydrogens (tertiary/aromatic N) is 3. The van der Waals surface area contributed by atoms with E-state index in [1.165, 1.54) is 0 Å². The van der Waals surface area contributed by atoms with Crippen molar-refractivity contribution < 1.29 is 14.3 Å². The number of aromatic nitrogens is 2. The number of hydrogen-bond donors (Lipinski definition) is 0. The van der Waals surface area contributed by atoms with Crippen LogP contribution in [0.15, 0.2) is 73.1 Å². The molecule has 5 rings (SSSR count). The van der Waals surface area contributed by atoms with Gasteiger partial charge in [0.2, 0.25) is 0 Å². The molecule has 0 atom stereocenters. The number of pyridine rings is 2. The van der Waals surface area contributed by atoms with Gasteiger partial charge < -0.3 is 14.4 Å². The van der Waals surface area contributed by atoms with E-state index < -0.39 is 0 Å². The van der Waals surface area contributed by atoms with Crippen LogP contribution in [0.1, 0.15) is 22.8 Å². The highest BCUT2D eigenvalue weighted by atomic mass is 16.6. The predicted molar refractivity (Wildman–Crippen MR) is 123 cm³/mol. The molecule has 2 aromatic carbocycles. The molecule has 1 aliphatic rings. The van der Waals surface area contributed by atoms with Gasteiger partial charge in [0.1, 0.15) is 13.2 Å². The first-order chi connectivity index (χ1) is 15.7. The van der Waals surface area contributed by atoms with Gasteiger partial charge in [-0.3, -0.25) is 9.78 Å². The number of benzene rings is 2. The Morgan fingerprint density at radius 1 is 1.03 bits per heavy atom. The van der Waals surface area contributed by atoms with Crippen LogP contribution < -0.4 is 9.47 Å². The van der Waals surface area contributed by atoms with Gasteiger partial charge in [-0.05, 0) is 37.3 Å². The summed E-state index contributed by atoms with van der Waals surface area (Å²) in [5.74, 6) is 1.40. The number of rotatable bonds is 5. The molecule has 6 nitrogen and oxygen atoms in total. The molecular weight excluding hydrogens is 402 g/mol. The first-order valence-electron chi connectivity index (χ1n) is 10.7. The van der Waals surface area contributed by atoms with E-state index in [4.69, 9.17) is 14.5 Å². The van der Waals surface area contributed by atoms with Crippen LogP contribution >= 0.6 is 0 Å². The van der Waals surface area contributed by atoms with Crippen LogP contribution in [0.4, 0.5) is 0 Å². The van der Waals surface area contributed by atoms with Gasteiger partial charge in [0.15, 0.2) is 11.5 Å². The van der Waals surface area contributed by atoms with Crippen molar-refractivity contribution in [3.05, 3.63) is 84.2 Å². The number of hydrogen-bond acceptors (Lipinski definition) is 5. The van der Waals surface area contributed by atoms with Crippen LogP contribution in [0.25, 0.3) is 22.2 Å². The summed E-state index contributed by atoms with van der Waals surface area (Å²) in [6.45, 7) is 4.01. The molecule has 0 bridgehead atoms. The van der Waals surface area contributed by atoms with Crippen molar-refractivity contribution in [3.63, 3.8) is 0 Å². The standard InChI is InChI=1S/C26H23N3O3/c1-2-29(17-19-7-5-11-24-25(19)32-14-13-31-24)26(30)21-15-23(18-8-6-12-27-16-18)28-22-10-4-3-9-20(21)22/h3-12,15-16H,2,13-14,17H2,1H3. The van der Waals surface area contributed by atoms with E-state index in [0.29, 0.717) is 31.9 Å². The number of amides is 1. The van der Waals surface area contributed by atoms with Crippen molar-refractivity contribution >= 4 is 16.8 Å². The quantitative estimate of drug-likeness (QED) is 0.463. The van der Waals surface area contributed by atoms with Crippen molar-refractivity contribution in [2.45, 2.75) is 13.5 Å². The van der Waals surface area contributed by atoms with E-state index in [2.05, 4.69) is 4.98 Å². The average molecular weight is 425 g/mol. The minimum absolute atomic E-state index is 0.0504. The van der Waals surface area contributed by atoms with Crippen molar-refractivity contribution in [1.82, 2.24) is 14.9 Å². The second kappa shape index (κ2) is 8.67. The molecule has 0 saturated carbocycles. The van der Waals surface area contributed by atoms with E-state index in [1.807, 2.05) is 72.5 Å². The second-order valence-corrected chi connectivity index (χ2v) is 7.57. The largest absolute Gasteiger partial charge is 0.486 e.